The van der Waals surface area contributed by atoms with Crippen molar-refractivity contribution in [1.29, 1.82) is 0 Å². The fourth-order valence-electron chi connectivity index (χ4n) is 3.18. The van der Waals surface area contributed by atoms with Crippen LogP contribution in [0, 0.1) is 0 Å². The third kappa shape index (κ3) is 5.24. The number of aryl methyl sites for hydroxylation is 4. The van der Waals surface area contributed by atoms with Crippen molar-refractivity contribution in [3.63, 3.8) is 0 Å². The van der Waals surface area contributed by atoms with Gasteiger partial charge in [-0.1, -0.05) is 47.9 Å². The van der Waals surface area contributed by atoms with Crippen molar-refractivity contribution >= 4 is 12.9 Å². The third-order valence-electron chi connectivity index (χ3n) is 6.06. The van der Waals surface area contributed by atoms with Crippen LogP contribution in [-0.4, -0.2) is 23.8 Å². The molecule has 2 nitrogen and oxygen atoms in total. The van der Waals surface area contributed by atoms with E-state index in [1.807, 2.05) is 13.8 Å². The number of rotatable bonds is 9. The molecule has 0 atom stereocenters. The Labute approximate surface area is 165 Å². The van der Waals surface area contributed by atoms with E-state index in [4.69, 9.17) is 4.65 Å². The Morgan fingerprint density at radius 3 is 2.00 bits per heavy atom. The van der Waals surface area contributed by atoms with E-state index < -0.39 is 11.2 Å². The summed E-state index contributed by atoms with van der Waals surface area (Å²) in [5.74, 6) is 0. The normalized spacial score (nSPS) is 13.8. The summed E-state index contributed by atoms with van der Waals surface area (Å²) in [5, 5.41) is 10.2. The van der Waals surface area contributed by atoms with Crippen LogP contribution in [0.4, 0.5) is 0 Å². The van der Waals surface area contributed by atoms with Crippen molar-refractivity contribution in [2.75, 3.05) is 0 Å². The highest BCUT2D eigenvalue weighted by molar-refractivity contribution is 6.47. The first-order valence-corrected chi connectivity index (χ1v) is 10.2. The molecule has 0 aliphatic heterocycles. The maximum atomic E-state index is 10.2. The average molecular weight is 363 g/mol. The van der Waals surface area contributed by atoms with Crippen molar-refractivity contribution < 1.29 is 9.76 Å². The van der Waals surface area contributed by atoms with E-state index in [9.17, 15) is 5.11 Å². The summed E-state index contributed by atoms with van der Waals surface area (Å²) in [7, 11) is 1.74. The summed E-state index contributed by atoms with van der Waals surface area (Å²) >= 11 is 0. The van der Waals surface area contributed by atoms with Crippen LogP contribution in [0.2, 0.25) is 0 Å². The summed E-state index contributed by atoms with van der Waals surface area (Å²) in [6.07, 6.45) is 7.27. The van der Waals surface area contributed by atoms with Gasteiger partial charge in [0.15, 0.2) is 0 Å². The number of benzene rings is 2. The van der Waals surface area contributed by atoms with Crippen molar-refractivity contribution in [1.82, 2.24) is 0 Å². The number of hydrogen-bond acceptors (Lipinski definition) is 2. The molecule has 0 aromatic heterocycles. The number of unbranched alkanes of at least 4 members (excludes halogenated alkanes) is 1. The first-order valence-electron chi connectivity index (χ1n) is 10.2. The minimum Gasteiger partial charge on any atom is -0.427 e. The van der Waals surface area contributed by atoms with Crippen molar-refractivity contribution in [2.24, 2.45) is 0 Å². The maximum Gasteiger partial charge on any atom is 0.330 e. The molecule has 0 bridgehead atoms. The minimum absolute atomic E-state index is 0.635. The SMILES string of the molecule is CC(C)(O)C(C)(C)O[B]c1ccc(CCCCc2ccc3c(c2)CC3)cc1. The maximum absolute atomic E-state index is 10.2. The molecule has 2 aromatic carbocycles. The highest BCUT2D eigenvalue weighted by Crippen LogP contribution is 2.25. The molecule has 0 saturated heterocycles. The fraction of sp³-hybridized carbons (Fsp3) is 0.500. The molecule has 143 valence electrons. The Morgan fingerprint density at radius 1 is 0.852 bits per heavy atom. The summed E-state index contributed by atoms with van der Waals surface area (Å²) in [6, 6.07) is 15.6. The molecule has 1 aliphatic carbocycles. The van der Waals surface area contributed by atoms with E-state index >= 15 is 0 Å². The van der Waals surface area contributed by atoms with Gasteiger partial charge < -0.3 is 9.76 Å². The zero-order valence-corrected chi connectivity index (χ0v) is 17.2. The molecular weight excluding hydrogens is 331 g/mol. The molecule has 0 amide bonds. The second-order valence-electron chi connectivity index (χ2n) is 8.86. The van der Waals surface area contributed by atoms with Gasteiger partial charge in [-0.05, 0) is 88.5 Å². The molecule has 3 rings (SSSR count). The van der Waals surface area contributed by atoms with E-state index in [1.165, 1.54) is 43.2 Å². The molecule has 2 aromatic rings. The standard InChI is InChI=1S/C24H32BO2/c1-23(2,26)24(3,4)27-25-22-15-10-18(11-16-22)7-5-6-8-19-9-12-20-13-14-21(20)17-19/h9-12,15-17,26H,5-8,13-14H2,1-4H3. The third-order valence-corrected chi connectivity index (χ3v) is 6.06. The van der Waals surface area contributed by atoms with Crippen LogP contribution in [0.3, 0.4) is 0 Å². The molecule has 3 heteroatoms. The quantitative estimate of drug-likeness (QED) is 0.535. The largest absolute Gasteiger partial charge is 0.427 e. The molecular formula is C24H32BO2. The molecule has 1 aliphatic rings. The van der Waals surface area contributed by atoms with Gasteiger partial charge in [0.25, 0.3) is 0 Å². The van der Waals surface area contributed by atoms with Crippen molar-refractivity contribution in [3.8, 4) is 0 Å². The summed E-state index contributed by atoms with van der Waals surface area (Å²) in [4.78, 5) is 0. The van der Waals surface area contributed by atoms with Gasteiger partial charge in [0.2, 0.25) is 0 Å². The first-order chi connectivity index (χ1) is 12.7. The Balaban J connectivity index is 1.40. The highest BCUT2D eigenvalue weighted by Gasteiger charge is 2.35. The lowest BCUT2D eigenvalue weighted by Gasteiger charge is -2.37. The van der Waals surface area contributed by atoms with Gasteiger partial charge in [0.1, 0.15) is 0 Å². The Bertz CT molecular complexity index is 757. The van der Waals surface area contributed by atoms with Crippen LogP contribution in [0.1, 0.15) is 62.8 Å². The number of hydrogen-bond donors (Lipinski definition) is 1. The van der Waals surface area contributed by atoms with Crippen LogP contribution in [0.25, 0.3) is 0 Å². The molecule has 0 fully saturated rings. The average Bonchev–Trinajstić information content (AvgIpc) is 2.59. The van der Waals surface area contributed by atoms with Crippen LogP contribution in [-0.2, 0) is 30.3 Å². The molecule has 0 heterocycles. The van der Waals surface area contributed by atoms with Gasteiger partial charge in [-0.2, -0.15) is 0 Å². The van der Waals surface area contributed by atoms with Gasteiger partial charge in [-0.3, -0.25) is 0 Å². The molecule has 1 radical (unpaired) electrons. The lowest BCUT2D eigenvalue weighted by Crippen LogP contribution is -2.49. The van der Waals surface area contributed by atoms with E-state index in [1.54, 1.807) is 32.5 Å². The predicted octanol–water partition coefficient (Wildman–Crippen LogP) is 4.16. The predicted molar refractivity (Wildman–Crippen MR) is 114 cm³/mol. The second kappa shape index (κ2) is 8.20. The Morgan fingerprint density at radius 2 is 1.44 bits per heavy atom. The van der Waals surface area contributed by atoms with Crippen LogP contribution < -0.4 is 5.46 Å². The van der Waals surface area contributed by atoms with E-state index in [0.29, 0.717) is 0 Å². The van der Waals surface area contributed by atoms with Crippen molar-refractivity contribution in [2.45, 2.75) is 77.4 Å². The zero-order chi connectivity index (χ0) is 19.5. The Kier molecular flexibility index (Phi) is 6.13. The lowest BCUT2D eigenvalue weighted by atomic mass is 9.82. The monoisotopic (exact) mass is 363 g/mol. The molecule has 27 heavy (non-hydrogen) atoms. The van der Waals surface area contributed by atoms with Gasteiger partial charge in [-0.25, -0.2) is 0 Å². The molecule has 1 N–H and O–H groups in total. The molecule has 0 unspecified atom stereocenters. The second-order valence-corrected chi connectivity index (χ2v) is 8.86. The van der Waals surface area contributed by atoms with Crippen molar-refractivity contribution in [3.05, 3.63) is 64.7 Å². The molecule has 0 saturated carbocycles. The lowest BCUT2D eigenvalue weighted by molar-refractivity contribution is -0.0893. The number of aliphatic hydroxyl groups is 1. The summed E-state index contributed by atoms with van der Waals surface area (Å²) in [5.41, 5.74) is 5.46. The van der Waals surface area contributed by atoms with Gasteiger partial charge in [0.05, 0.1) is 11.2 Å². The van der Waals surface area contributed by atoms with Gasteiger partial charge >= 0.3 is 7.48 Å². The zero-order valence-electron chi connectivity index (χ0n) is 17.2. The Hall–Kier alpha value is -1.58. The first kappa shape index (κ1) is 20.2. The van der Waals surface area contributed by atoms with Crippen LogP contribution >= 0.6 is 0 Å². The smallest absolute Gasteiger partial charge is 0.330 e. The molecule has 0 spiro atoms. The number of fused-ring (bicyclic) bond motifs is 1. The van der Waals surface area contributed by atoms with Gasteiger partial charge in [-0.15, -0.1) is 0 Å². The van der Waals surface area contributed by atoms with E-state index in [-0.39, 0.29) is 0 Å². The summed E-state index contributed by atoms with van der Waals surface area (Å²) in [6.45, 7) is 7.34. The summed E-state index contributed by atoms with van der Waals surface area (Å²) < 4.78 is 5.82. The van der Waals surface area contributed by atoms with E-state index in [2.05, 4.69) is 42.5 Å². The van der Waals surface area contributed by atoms with Gasteiger partial charge in [0, 0.05) is 0 Å². The van der Waals surface area contributed by atoms with E-state index in [0.717, 1.165) is 11.9 Å². The fourth-order valence-corrected chi connectivity index (χ4v) is 3.18. The van der Waals surface area contributed by atoms with Crippen LogP contribution in [0.15, 0.2) is 42.5 Å². The van der Waals surface area contributed by atoms with Crippen LogP contribution in [0.5, 0.6) is 0 Å². The highest BCUT2D eigenvalue weighted by atomic mass is 16.5. The minimum atomic E-state index is -0.900. The topological polar surface area (TPSA) is 29.5 Å².